The van der Waals surface area contributed by atoms with Crippen molar-refractivity contribution in [1.82, 2.24) is 15.3 Å². The highest BCUT2D eigenvalue weighted by atomic mass is 32.2. The molecule has 0 saturated heterocycles. The van der Waals surface area contributed by atoms with Crippen LogP contribution in [-0.2, 0) is 16.0 Å². The van der Waals surface area contributed by atoms with E-state index in [4.69, 9.17) is 4.74 Å². The van der Waals surface area contributed by atoms with E-state index in [9.17, 15) is 9.59 Å². The molecule has 1 amide bonds. The number of methoxy groups -OCH3 is 1. The van der Waals surface area contributed by atoms with Crippen molar-refractivity contribution in [2.24, 2.45) is 5.92 Å². The van der Waals surface area contributed by atoms with Gasteiger partial charge in [0, 0.05) is 18.5 Å². The van der Waals surface area contributed by atoms with Gasteiger partial charge in [0.25, 0.3) is 5.56 Å². The third kappa shape index (κ3) is 5.29. The highest BCUT2D eigenvalue weighted by Gasteiger charge is 2.17. The van der Waals surface area contributed by atoms with Crippen molar-refractivity contribution in [3.63, 3.8) is 0 Å². The number of carbonyl (C=O) groups is 1. The summed E-state index contributed by atoms with van der Waals surface area (Å²) < 4.78 is 4.89. The van der Waals surface area contributed by atoms with Crippen LogP contribution < -0.4 is 10.9 Å². The minimum atomic E-state index is -0.116. The van der Waals surface area contributed by atoms with Gasteiger partial charge in [-0.2, -0.15) is 0 Å². The molecular formula is C17H25N3O3S2. The van der Waals surface area contributed by atoms with Crippen LogP contribution in [0.3, 0.4) is 0 Å². The molecule has 1 unspecified atom stereocenters. The summed E-state index contributed by atoms with van der Waals surface area (Å²) in [7, 11) is 1.59. The maximum atomic E-state index is 12.5. The van der Waals surface area contributed by atoms with Gasteiger partial charge in [-0.1, -0.05) is 32.0 Å². The molecule has 8 heteroatoms. The number of amides is 1. The lowest BCUT2D eigenvalue weighted by molar-refractivity contribution is -0.118. The number of hydrogen-bond donors (Lipinski definition) is 2. The number of nitrogens with zero attached hydrogens (tertiary/aromatic N) is 1. The van der Waals surface area contributed by atoms with Gasteiger partial charge < -0.3 is 15.0 Å². The zero-order valence-corrected chi connectivity index (χ0v) is 16.7. The second-order valence-corrected chi connectivity index (χ2v) is 8.20. The van der Waals surface area contributed by atoms with Gasteiger partial charge in [-0.15, -0.1) is 11.3 Å². The number of aryl methyl sites for hydroxylation is 1. The highest BCUT2D eigenvalue weighted by Crippen LogP contribution is 2.30. The first-order valence-corrected chi connectivity index (χ1v) is 10.2. The average molecular weight is 384 g/mol. The lowest BCUT2D eigenvalue weighted by atomic mass is 9.98. The molecule has 2 aromatic rings. The van der Waals surface area contributed by atoms with Crippen LogP contribution >= 0.6 is 23.1 Å². The monoisotopic (exact) mass is 383 g/mol. The molecule has 2 heterocycles. The minimum Gasteiger partial charge on any atom is -0.383 e. The predicted octanol–water partition coefficient (Wildman–Crippen LogP) is 2.74. The number of H-pyrrole nitrogens is 1. The molecule has 6 nitrogen and oxygen atoms in total. The molecule has 2 aromatic heterocycles. The number of fused-ring (bicyclic) bond motifs is 1. The summed E-state index contributed by atoms with van der Waals surface area (Å²) in [6, 6.07) is 0. The lowest BCUT2D eigenvalue weighted by Gasteiger charge is -2.08. The molecule has 0 radical (unpaired) electrons. The van der Waals surface area contributed by atoms with E-state index in [0.717, 1.165) is 28.1 Å². The second-order valence-electron chi connectivity index (χ2n) is 6.04. The van der Waals surface area contributed by atoms with Crippen molar-refractivity contribution >= 4 is 39.2 Å². The highest BCUT2D eigenvalue weighted by molar-refractivity contribution is 7.99. The Balaban J connectivity index is 2.14. The standard InChI is InChI=1S/C17H25N3O3S2/c1-5-10(2)8-12-11(3)25-16-14(12)15(22)19-17(20-16)24-9-13(21)18-6-7-23-4/h10H,5-9H2,1-4H3,(H,18,21)(H,19,20,22). The van der Waals surface area contributed by atoms with E-state index in [1.165, 1.54) is 11.8 Å². The van der Waals surface area contributed by atoms with Crippen LogP contribution in [0.5, 0.6) is 0 Å². The van der Waals surface area contributed by atoms with Gasteiger partial charge in [0.1, 0.15) is 4.83 Å². The molecule has 138 valence electrons. The zero-order chi connectivity index (χ0) is 18.4. The molecule has 0 fully saturated rings. The van der Waals surface area contributed by atoms with Gasteiger partial charge in [0.05, 0.1) is 17.7 Å². The number of aromatic amines is 1. The average Bonchev–Trinajstić information content (AvgIpc) is 2.89. The molecule has 2 N–H and O–H groups in total. The van der Waals surface area contributed by atoms with Crippen LogP contribution in [0, 0.1) is 12.8 Å². The van der Waals surface area contributed by atoms with Gasteiger partial charge in [0.2, 0.25) is 5.91 Å². The quantitative estimate of drug-likeness (QED) is 0.395. The third-order valence-electron chi connectivity index (χ3n) is 4.06. The molecular weight excluding hydrogens is 358 g/mol. The van der Waals surface area contributed by atoms with Gasteiger partial charge in [-0.05, 0) is 24.8 Å². The van der Waals surface area contributed by atoms with E-state index in [2.05, 4.69) is 29.1 Å². The van der Waals surface area contributed by atoms with Crippen LogP contribution in [-0.4, -0.2) is 41.9 Å². The number of rotatable bonds is 9. The Hall–Kier alpha value is -1.38. The third-order valence-corrected chi connectivity index (χ3v) is 5.97. The van der Waals surface area contributed by atoms with Crippen molar-refractivity contribution in [1.29, 1.82) is 0 Å². The summed E-state index contributed by atoms with van der Waals surface area (Å²) in [4.78, 5) is 33.5. The van der Waals surface area contributed by atoms with E-state index < -0.39 is 0 Å². The van der Waals surface area contributed by atoms with E-state index in [1.54, 1.807) is 18.4 Å². The first-order valence-electron chi connectivity index (χ1n) is 8.37. The number of thiophene rings is 1. The second kappa shape index (κ2) is 9.35. The summed E-state index contributed by atoms with van der Waals surface area (Å²) in [6.45, 7) is 7.34. The predicted molar refractivity (Wildman–Crippen MR) is 104 cm³/mol. The van der Waals surface area contributed by atoms with E-state index in [-0.39, 0.29) is 17.2 Å². The summed E-state index contributed by atoms with van der Waals surface area (Å²) >= 11 is 2.79. The van der Waals surface area contributed by atoms with Crippen molar-refractivity contribution in [3.05, 3.63) is 20.8 Å². The normalized spacial score (nSPS) is 12.5. The molecule has 0 aliphatic carbocycles. The Bertz CT molecular complexity index is 785. The molecule has 0 spiro atoms. The van der Waals surface area contributed by atoms with Crippen molar-refractivity contribution in [2.75, 3.05) is 26.0 Å². The lowest BCUT2D eigenvalue weighted by Crippen LogP contribution is -2.28. The first kappa shape index (κ1) is 19.9. The molecule has 0 aliphatic rings. The van der Waals surface area contributed by atoms with Crippen molar-refractivity contribution in [3.8, 4) is 0 Å². The molecule has 0 aromatic carbocycles. The molecule has 0 saturated carbocycles. The zero-order valence-electron chi connectivity index (χ0n) is 15.1. The maximum Gasteiger partial charge on any atom is 0.260 e. The topological polar surface area (TPSA) is 84.1 Å². The summed E-state index contributed by atoms with van der Waals surface area (Å²) in [5, 5.41) is 3.93. The van der Waals surface area contributed by atoms with E-state index in [0.29, 0.717) is 29.6 Å². The van der Waals surface area contributed by atoms with Crippen molar-refractivity contribution in [2.45, 2.75) is 38.8 Å². The van der Waals surface area contributed by atoms with Crippen LogP contribution in [0.1, 0.15) is 30.7 Å². The van der Waals surface area contributed by atoms with Gasteiger partial charge in [0.15, 0.2) is 5.16 Å². The number of hydrogen-bond acceptors (Lipinski definition) is 6. The Morgan fingerprint density at radius 3 is 2.92 bits per heavy atom. The fourth-order valence-corrected chi connectivity index (χ4v) is 4.24. The fraction of sp³-hybridized carbons (Fsp3) is 0.588. The molecule has 25 heavy (non-hydrogen) atoms. The van der Waals surface area contributed by atoms with Crippen LogP contribution in [0.15, 0.2) is 9.95 Å². The van der Waals surface area contributed by atoms with Gasteiger partial charge in [-0.25, -0.2) is 4.98 Å². The smallest absolute Gasteiger partial charge is 0.260 e. The maximum absolute atomic E-state index is 12.5. The Labute approximate surface area is 155 Å². The number of thioether (sulfide) groups is 1. The van der Waals surface area contributed by atoms with Gasteiger partial charge >= 0.3 is 0 Å². The largest absolute Gasteiger partial charge is 0.383 e. The SMILES string of the molecule is CCC(C)Cc1c(C)sc2nc(SCC(=O)NCCOC)[nH]c(=O)c12. The summed E-state index contributed by atoms with van der Waals surface area (Å²) in [5.41, 5.74) is 0.993. The first-order chi connectivity index (χ1) is 12.0. The summed E-state index contributed by atoms with van der Waals surface area (Å²) in [6.07, 6.45) is 1.97. The number of carbonyl (C=O) groups excluding carboxylic acids is 1. The van der Waals surface area contributed by atoms with E-state index in [1.807, 2.05) is 6.92 Å². The molecule has 0 bridgehead atoms. The number of ether oxygens (including phenoxy) is 1. The number of nitrogens with one attached hydrogen (secondary N) is 2. The number of aromatic nitrogens is 2. The van der Waals surface area contributed by atoms with E-state index >= 15 is 0 Å². The molecule has 0 aliphatic heterocycles. The fourth-order valence-electron chi connectivity index (χ4n) is 2.44. The summed E-state index contributed by atoms with van der Waals surface area (Å²) in [5.74, 6) is 0.632. The van der Waals surface area contributed by atoms with Crippen LogP contribution in [0.25, 0.3) is 10.2 Å². The minimum absolute atomic E-state index is 0.107. The Morgan fingerprint density at radius 2 is 2.24 bits per heavy atom. The Kier molecular flexibility index (Phi) is 7.46. The Morgan fingerprint density at radius 1 is 1.48 bits per heavy atom. The van der Waals surface area contributed by atoms with Crippen LogP contribution in [0.2, 0.25) is 0 Å². The molecule has 1 atom stereocenters. The van der Waals surface area contributed by atoms with Crippen LogP contribution in [0.4, 0.5) is 0 Å². The van der Waals surface area contributed by atoms with Crippen molar-refractivity contribution < 1.29 is 9.53 Å². The molecule has 2 rings (SSSR count). The van der Waals surface area contributed by atoms with Gasteiger partial charge in [-0.3, -0.25) is 9.59 Å².